The number of thiophene rings is 1. The van der Waals surface area contributed by atoms with Crippen molar-refractivity contribution in [2.45, 2.75) is 69.2 Å². The minimum absolute atomic E-state index is 0.0241. The smallest absolute Gasteiger partial charge is 0.256 e. The van der Waals surface area contributed by atoms with Crippen LogP contribution in [-0.4, -0.2) is 44.2 Å². The number of aryl methyl sites for hydroxylation is 1. The van der Waals surface area contributed by atoms with Crippen molar-refractivity contribution in [1.82, 2.24) is 9.62 Å². The van der Waals surface area contributed by atoms with E-state index in [9.17, 15) is 18.0 Å². The van der Waals surface area contributed by atoms with Gasteiger partial charge in [-0.15, -0.1) is 11.3 Å². The summed E-state index contributed by atoms with van der Waals surface area (Å²) in [5, 5.41) is 6.16. The van der Waals surface area contributed by atoms with Crippen molar-refractivity contribution in [3.8, 4) is 0 Å². The molecule has 1 fully saturated rings. The van der Waals surface area contributed by atoms with Crippen molar-refractivity contribution in [3.05, 3.63) is 45.8 Å². The fourth-order valence-electron chi connectivity index (χ4n) is 4.71. The maximum atomic E-state index is 13.0. The largest absolute Gasteiger partial charge is 0.355 e. The van der Waals surface area contributed by atoms with Crippen molar-refractivity contribution < 1.29 is 18.0 Å². The highest BCUT2D eigenvalue weighted by molar-refractivity contribution is 7.89. The number of anilines is 1. The van der Waals surface area contributed by atoms with Gasteiger partial charge in [-0.2, -0.15) is 4.31 Å². The first kappa shape index (κ1) is 23.9. The van der Waals surface area contributed by atoms with Gasteiger partial charge in [-0.25, -0.2) is 8.42 Å². The van der Waals surface area contributed by atoms with E-state index in [1.54, 1.807) is 11.4 Å². The number of fused-ring (bicyclic) bond motifs is 1. The van der Waals surface area contributed by atoms with Gasteiger partial charge >= 0.3 is 0 Å². The van der Waals surface area contributed by atoms with Crippen LogP contribution in [0.5, 0.6) is 0 Å². The zero-order valence-electron chi connectivity index (χ0n) is 19.1. The molecular formula is C24H31N3O4S2. The van der Waals surface area contributed by atoms with Crippen LogP contribution >= 0.6 is 11.3 Å². The lowest BCUT2D eigenvalue weighted by atomic mass is 10.0. The lowest BCUT2D eigenvalue weighted by Crippen LogP contribution is -2.41. The third-order valence-electron chi connectivity index (χ3n) is 6.57. The van der Waals surface area contributed by atoms with E-state index in [0.717, 1.165) is 56.9 Å². The number of piperidine rings is 1. The molecule has 0 spiro atoms. The Morgan fingerprint density at radius 1 is 1.00 bits per heavy atom. The minimum atomic E-state index is -3.59. The van der Waals surface area contributed by atoms with E-state index in [1.165, 1.54) is 40.5 Å². The summed E-state index contributed by atoms with van der Waals surface area (Å²) in [4.78, 5) is 26.9. The van der Waals surface area contributed by atoms with Crippen molar-refractivity contribution in [2.24, 2.45) is 0 Å². The molecule has 2 N–H and O–H groups in total. The molecule has 178 valence electrons. The van der Waals surface area contributed by atoms with Gasteiger partial charge in [-0.3, -0.25) is 9.59 Å². The second-order valence-corrected chi connectivity index (χ2v) is 11.8. The van der Waals surface area contributed by atoms with Crippen molar-refractivity contribution >= 4 is 38.2 Å². The number of amides is 2. The summed E-state index contributed by atoms with van der Waals surface area (Å²) >= 11 is 1.47. The van der Waals surface area contributed by atoms with E-state index < -0.39 is 10.0 Å². The molecule has 0 radical (unpaired) electrons. The molecule has 1 unspecified atom stereocenters. The summed E-state index contributed by atoms with van der Waals surface area (Å²) in [5.41, 5.74) is 1.96. The second-order valence-electron chi connectivity index (χ2n) is 8.79. The molecule has 2 aliphatic rings. The van der Waals surface area contributed by atoms with Crippen LogP contribution in [0.25, 0.3) is 0 Å². The molecule has 1 aliphatic carbocycles. The van der Waals surface area contributed by atoms with Crippen molar-refractivity contribution in [1.29, 1.82) is 0 Å². The molecule has 1 saturated heterocycles. The first-order valence-corrected chi connectivity index (χ1v) is 13.9. The Labute approximate surface area is 199 Å². The van der Waals surface area contributed by atoms with Gasteiger partial charge in [0.2, 0.25) is 10.0 Å². The summed E-state index contributed by atoms with van der Waals surface area (Å²) in [6.45, 7) is 2.46. The van der Waals surface area contributed by atoms with E-state index in [2.05, 4.69) is 10.6 Å². The van der Waals surface area contributed by atoms with Crippen LogP contribution in [0, 0.1) is 0 Å². The zero-order valence-corrected chi connectivity index (χ0v) is 20.8. The van der Waals surface area contributed by atoms with Gasteiger partial charge in [0.05, 0.1) is 10.5 Å². The zero-order chi connectivity index (χ0) is 23.6. The highest BCUT2D eigenvalue weighted by Gasteiger charge is 2.31. The van der Waals surface area contributed by atoms with Crippen LogP contribution in [0.3, 0.4) is 0 Å². The second kappa shape index (κ2) is 9.95. The molecule has 33 heavy (non-hydrogen) atoms. The first-order valence-electron chi connectivity index (χ1n) is 11.6. The molecular weight excluding hydrogens is 458 g/mol. The molecule has 7 nitrogen and oxygen atoms in total. The number of nitrogens with zero attached hydrogens (tertiary/aromatic N) is 1. The lowest BCUT2D eigenvalue weighted by Gasteiger charge is -2.32. The lowest BCUT2D eigenvalue weighted by molar-refractivity contribution is 0.0963. The molecule has 1 aromatic heterocycles. The average molecular weight is 490 g/mol. The van der Waals surface area contributed by atoms with Crippen molar-refractivity contribution in [3.63, 3.8) is 0 Å². The van der Waals surface area contributed by atoms with Crippen LogP contribution in [0.4, 0.5) is 5.00 Å². The SMILES string of the molecule is CNC(=O)c1c(NC(=O)c2ccc(S(=O)(=O)N3CCCCC3C)cc2)sc2c1CCCCC2. The van der Waals surface area contributed by atoms with Gasteiger partial charge in [-0.05, 0) is 75.3 Å². The first-order chi connectivity index (χ1) is 15.8. The van der Waals surface area contributed by atoms with Gasteiger partial charge in [0, 0.05) is 30.1 Å². The minimum Gasteiger partial charge on any atom is -0.355 e. The summed E-state index contributed by atoms with van der Waals surface area (Å²) < 4.78 is 27.6. The molecule has 0 saturated carbocycles. The fourth-order valence-corrected chi connectivity index (χ4v) is 7.69. The van der Waals surface area contributed by atoms with E-state index >= 15 is 0 Å². The number of rotatable bonds is 5. The van der Waals surface area contributed by atoms with Crippen LogP contribution in [-0.2, 0) is 22.9 Å². The maximum Gasteiger partial charge on any atom is 0.256 e. The molecule has 1 atom stereocenters. The number of hydrogen-bond donors (Lipinski definition) is 2. The fraction of sp³-hybridized carbons (Fsp3) is 0.500. The number of benzene rings is 1. The third kappa shape index (κ3) is 4.85. The Balaban J connectivity index is 1.56. The highest BCUT2D eigenvalue weighted by atomic mass is 32.2. The number of sulfonamides is 1. The van der Waals surface area contributed by atoms with Crippen LogP contribution in [0.15, 0.2) is 29.2 Å². The quantitative estimate of drug-likeness (QED) is 0.616. The van der Waals surface area contributed by atoms with Gasteiger partial charge in [0.25, 0.3) is 11.8 Å². The molecule has 2 aromatic rings. The summed E-state index contributed by atoms with van der Waals surface area (Å²) in [5.74, 6) is -0.548. The Morgan fingerprint density at radius 2 is 1.73 bits per heavy atom. The Bertz CT molecular complexity index is 1140. The predicted octanol–water partition coefficient (Wildman–Crippen LogP) is 4.19. The molecule has 2 heterocycles. The molecule has 1 aromatic carbocycles. The van der Waals surface area contributed by atoms with Crippen molar-refractivity contribution in [2.75, 3.05) is 18.9 Å². The third-order valence-corrected chi connectivity index (χ3v) is 9.80. The number of hydrogen-bond acceptors (Lipinski definition) is 5. The molecule has 0 bridgehead atoms. The molecule has 9 heteroatoms. The van der Waals surface area contributed by atoms with Gasteiger partial charge in [-0.1, -0.05) is 12.8 Å². The van der Waals surface area contributed by atoms with Gasteiger partial charge < -0.3 is 10.6 Å². The standard InChI is InChI=1S/C24H31N3O4S2/c1-16-8-6-7-15-27(16)33(30,31)18-13-11-17(12-14-18)22(28)26-24-21(23(29)25-2)19-9-4-3-5-10-20(19)32-24/h11-14,16H,3-10,15H2,1-2H3,(H,25,29)(H,26,28). The Kier molecular flexibility index (Phi) is 7.21. The van der Waals surface area contributed by atoms with E-state index in [0.29, 0.717) is 22.7 Å². The summed E-state index contributed by atoms with van der Waals surface area (Å²) in [6.07, 6.45) is 7.78. The van der Waals surface area contributed by atoms with Crippen LogP contribution < -0.4 is 10.6 Å². The normalized spacial score (nSPS) is 19.4. The Hall–Kier alpha value is -2.23. The number of carbonyl (C=O) groups excluding carboxylic acids is 2. The monoisotopic (exact) mass is 489 g/mol. The van der Waals surface area contributed by atoms with Crippen LogP contribution in [0.1, 0.15) is 76.6 Å². The molecule has 4 rings (SSSR count). The summed E-state index contributed by atoms with van der Waals surface area (Å²) in [7, 11) is -1.99. The Morgan fingerprint density at radius 3 is 2.42 bits per heavy atom. The summed E-state index contributed by atoms with van der Waals surface area (Å²) in [6, 6.07) is 6.04. The highest BCUT2D eigenvalue weighted by Crippen LogP contribution is 2.37. The molecule has 1 aliphatic heterocycles. The number of nitrogens with one attached hydrogen (secondary N) is 2. The maximum absolute atomic E-state index is 13.0. The van der Waals surface area contributed by atoms with Gasteiger partial charge in [0.1, 0.15) is 5.00 Å². The topological polar surface area (TPSA) is 95.6 Å². The van der Waals surface area contributed by atoms with E-state index in [4.69, 9.17) is 0 Å². The number of carbonyl (C=O) groups is 2. The van der Waals surface area contributed by atoms with E-state index in [1.807, 2.05) is 6.92 Å². The molecule has 2 amide bonds. The van der Waals surface area contributed by atoms with Crippen LogP contribution in [0.2, 0.25) is 0 Å². The average Bonchev–Trinajstić information content (AvgIpc) is 2.98. The van der Waals surface area contributed by atoms with E-state index in [-0.39, 0.29) is 22.8 Å². The predicted molar refractivity (Wildman–Crippen MR) is 131 cm³/mol. The van der Waals surface area contributed by atoms with Gasteiger partial charge in [0.15, 0.2) is 0 Å².